The minimum absolute atomic E-state index is 0.189. The van der Waals surface area contributed by atoms with Crippen molar-refractivity contribution in [1.82, 2.24) is 9.80 Å². The van der Waals surface area contributed by atoms with Crippen molar-refractivity contribution in [3.8, 4) is 0 Å². The average Bonchev–Trinajstić information content (AvgIpc) is 3.65. The van der Waals surface area contributed by atoms with Crippen molar-refractivity contribution in [2.75, 3.05) is 31.9 Å². The highest BCUT2D eigenvalue weighted by molar-refractivity contribution is 5.42. The maximum Gasteiger partial charge on any atom is 0.269 e. The zero-order valence-corrected chi connectivity index (χ0v) is 22.9. The van der Waals surface area contributed by atoms with Gasteiger partial charge < -0.3 is 5.73 Å². The molecule has 206 valence electrons. The van der Waals surface area contributed by atoms with Crippen LogP contribution >= 0.6 is 0 Å². The molecule has 6 nitrogen and oxygen atoms in total. The van der Waals surface area contributed by atoms with E-state index in [9.17, 15) is 10.1 Å². The molecule has 2 aliphatic heterocycles. The van der Waals surface area contributed by atoms with Gasteiger partial charge >= 0.3 is 0 Å². The Morgan fingerprint density at radius 2 is 1.18 bits per heavy atom. The van der Waals surface area contributed by atoms with Crippen LogP contribution in [-0.4, -0.2) is 40.9 Å². The van der Waals surface area contributed by atoms with Crippen LogP contribution in [0.15, 0.2) is 109 Å². The summed E-state index contributed by atoms with van der Waals surface area (Å²) in [6.45, 7) is 6.33. The van der Waals surface area contributed by atoms with Gasteiger partial charge in [-0.05, 0) is 72.2 Å². The lowest BCUT2D eigenvalue weighted by molar-refractivity contribution is -0.384. The van der Waals surface area contributed by atoms with E-state index in [0.717, 1.165) is 50.4 Å². The van der Waals surface area contributed by atoms with Crippen molar-refractivity contribution in [2.24, 2.45) is 0 Å². The predicted octanol–water partition coefficient (Wildman–Crippen LogP) is 6.84. The molecule has 4 aromatic carbocycles. The number of nitrogens with two attached hydrogens (primary N) is 1. The molecular formula is C34H38N4O2. The van der Waals surface area contributed by atoms with E-state index in [0.29, 0.717) is 11.8 Å². The molecule has 4 aromatic rings. The first-order valence-electron chi connectivity index (χ1n) is 14.2. The lowest BCUT2D eigenvalue weighted by atomic mass is 9.98. The highest BCUT2D eigenvalue weighted by Crippen LogP contribution is 2.30. The largest absolute Gasteiger partial charge is 0.399 e. The maximum absolute atomic E-state index is 10.9. The van der Waals surface area contributed by atoms with Crippen molar-refractivity contribution in [3.63, 3.8) is 0 Å². The fraction of sp³-hybridized carbons (Fsp3) is 0.294. The van der Waals surface area contributed by atoms with Gasteiger partial charge in [-0.1, -0.05) is 84.9 Å². The highest BCUT2D eigenvalue weighted by Gasteiger charge is 2.25. The van der Waals surface area contributed by atoms with Crippen LogP contribution in [0.1, 0.15) is 46.9 Å². The third kappa shape index (κ3) is 7.56. The van der Waals surface area contributed by atoms with Crippen molar-refractivity contribution in [3.05, 3.63) is 142 Å². The third-order valence-electron chi connectivity index (χ3n) is 7.98. The topological polar surface area (TPSA) is 75.6 Å². The van der Waals surface area contributed by atoms with Gasteiger partial charge in [0.15, 0.2) is 0 Å². The number of non-ortho nitro benzene ring substituents is 1. The molecule has 0 bridgehead atoms. The van der Waals surface area contributed by atoms with Crippen LogP contribution in [0, 0.1) is 10.1 Å². The summed E-state index contributed by atoms with van der Waals surface area (Å²) in [6.07, 6.45) is 2.30. The monoisotopic (exact) mass is 534 g/mol. The summed E-state index contributed by atoms with van der Waals surface area (Å²) in [6, 6.07) is 36.5. The third-order valence-corrected chi connectivity index (χ3v) is 7.98. The first kappa shape index (κ1) is 27.6. The summed E-state index contributed by atoms with van der Waals surface area (Å²) in [5.41, 5.74) is 12.1. The molecule has 0 spiro atoms. The average molecular weight is 535 g/mol. The molecule has 2 heterocycles. The maximum atomic E-state index is 10.9. The van der Waals surface area contributed by atoms with E-state index in [1.807, 2.05) is 18.2 Å². The van der Waals surface area contributed by atoms with Gasteiger partial charge in [-0.3, -0.25) is 19.9 Å². The van der Waals surface area contributed by atoms with Gasteiger partial charge in [0.1, 0.15) is 0 Å². The molecule has 0 amide bonds. The summed E-state index contributed by atoms with van der Waals surface area (Å²) in [5, 5.41) is 10.9. The Balaban J connectivity index is 0.000000162. The fourth-order valence-electron chi connectivity index (χ4n) is 5.89. The van der Waals surface area contributed by atoms with E-state index in [1.54, 1.807) is 18.2 Å². The Kier molecular flexibility index (Phi) is 9.22. The van der Waals surface area contributed by atoms with Gasteiger partial charge in [0.05, 0.1) is 4.92 Å². The number of nitro benzene ring substituents is 1. The van der Waals surface area contributed by atoms with E-state index < -0.39 is 0 Å². The molecule has 2 unspecified atom stereocenters. The van der Waals surface area contributed by atoms with Crippen LogP contribution < -0.4 is 5.73 Å². The van der Waals surface area contributed by atoms with Gasteiger partial charge in [-0.25, -0.2) is 0 Å². The van der Waals surface area contributed by atoms with Crippen molar-refractivity contribution in [2.45, 2.75) is 37.8 Å². The molecule has 0 aromatic heterocycles. The summed E-state index contributed by atoms with van der Waals surface area (Å²) < 4.78 is 0. The van der Waals surface area contributed by atoms with Crippen LogP contribution in [-0.2, 0) is 13.1 Å². The summed E-state index contributed by atoms with van der Waals surface area (Å²) >= 11 is 0. The van der Waals surface area contributed by atoms with Crippen LogP contribution in [0.2, 0.25) is 0 Å². The molecule has 2 saturated heterocycles. The van der Waals surface area contributed by atoms with Crippen molar-refractivity contribution >= 4 is 11.4 Å². The number of hydrogen-bond donors (Lipinski definition) is 1. The van der Waals surface area contributed by atoms with E-state index in [-0.39, 0.29) is 10.6 Å². The summed E-state index contributed by atoms with van der Waals surface area (Å²) in [5.74, 6) is 1.03. The Morgan fingerprint density at radius 3 is 1.68 bits per heavy atom. The molecule has 0 radical (unpaired) electrons. The Hall–Kier alpha value is -4.00. The molecule has 6 rings (SSSR count). The van der Waals surface area contributed by atoms with Gasteiger partial charge in [0.25, 0.3) is 5.69 Å². The SMILES string of the molecule is Nc1cccc(C2CCN(Cc3ccccc3)C2)c1.O=[N+]([O-])c1cccc(C2CCN(Cc3ccccc3)C2)c1. The second-order valence-corrected chi connectivity index (χ2v) is 10.9. The Morgan fingerprint density at radius 1 is 0.675 bits per heavy atom. The molecule has 2 N–H and O–H groups in total. The number of likely N-dealkylation sites (tertiary alicyclic amines) is 2. The van der Waals surface area contributed by atoms with Gasteiger partial charge in [-0.2, -0.15) is 0 Å². The number of nitro groups is 1. The standard InChI is InChI=1S/C17H18N2O2.C17H20N2/c20-19(21)17-8-4-7-15(11-17)16-9-10-18(13-16)12-14-5-2-1-3-6-14;18-17-8-4-7-15(11-17)16-9-10-19(13-16)12-14-5-2-1-3-6-14/h1-8,11,16H,9-10,12-13H2;1-8,11,16H,9-10,12-13,18H2. The number of rotatable bonds is 7. The van der Waals surface area contributed by atoms with Crippen LogP contribution in [0.4, 0.5) is 11.4 Å². The smallest absolute Gasteiger partial charge is 0.269 e. The number of hydrogen-bond acceptors (Lipinski definition) is 5. The molecule has 2 fully saturated rings. The quantitative estimate of drug-likeness (QED) is 0.160. The molecule has 2 aliphatic rings. The highest BCUT2D eigenvalue weighted by atomic mass is 16.6. The predicted molar refractivity (Wildman–Crippen MR) is 162 cm³/mol. The number of anilines is 1. The van der Waals surface area contributed by atoms with Gasteiger partial charge in [-0.15, -0.1) is 0 Å². The van der Waals surface area contributed by atoms with E-state index in [4.69, 9.17) is 5.73 Å². The zero-order valence-electron chi connectivity index (χ0n) is 22.9. The lowest BCUT2D eigenvalue weighted by Gasteiger charge is -2.16. The Labute approximate surface area is 237 Å². The fourth-order valence-corrected chi connectivity index (χ4v) is 5.89. The number of nitrogens with zero attached hydrogens (tertiary/aromatic N) is 3. The molecule has 40 heavy (non-hydrogen) atoms. The van der Waals surface area contributed by atoms with Crippen molar-refractivity contribution in [1.29, 1.82) is 0 Å². The summed E-state index contributed by atoms with van der Waals surface area (Å²) in [7, 11) is 0. The first-order chi connectivity index (χ1) is 19.5. The Bertz CT molecular complexity index is 1380. The first-order valence-corrected chi connectivity index (χ1v) is 14.2. The second kappa shape index (κ2) is 13.4. The second-order valence-electron chi connectivity index (χ2n) is 10.9. The zero-order chi connectivity index (χ0) is 27.7. The molecule has 6 heteroatoms. The van der Waals surface area contributed by atoms with Gasteiger partial charge in [0, 0.05) is 44.0 Å². The molecule has 0 saturated carbocycles. The number of benzene rings is 4. The van der Waals surface area contributed by atoms with E-state index in [1.165, 1.54) is 29.7 Å². The minimum atomic E-state index is -0.319. The minimum Gasteiger partial charge on any atom is -0.399 e. The van der Waals surface area contributed by atoms with E-state index >= 15 is 0 Å². The molecular weight excluding hydrogens is 496 g/mol. The van der Waals surface area contributed by atoms with Crippen LogP contribution in [0.3, 0.4) is 0 Å². The molecule has 0 aliphatic carbocycles. The van der Waals surface area contributed by atoms with Crippen LogP contribution in [0.25, 0.3) is 0 Å². The summed E-state index contributed by atoms with van der Waals surface area (Å²) in [4.78, 5) is 15.5. The van der Waals surface area contributed by atoms with Crippen LogP contribution in [0.5, 0.6) is 0 Å². The number of nitrogen functional groups attached to an aromatic ring is 1. The lowest BCUT2D eigenvalue weighted by Crippen LogP contribution is -2.19. The molecule has 2 atom stereocenters. The van der Waals surface area contributed by atoms with E-state index in [2.05, 4.69) is 82.6 Å². The van der Waals surface area contributed by atoms with Gasteiger partial charge in [0.2, 0.25) is 0 Å². The van der Waals surface area contributed by atoms with Crippen molar-refractivity contribution < 1.29 is 4.92 Å². The normalized spacial score (nSPS) is 19.2.